The number of pyridine rings is 1. The standard InChI is InChI=1S/C31H35N3O3/c35-29-26(30(36)32-28(24-14-6-2-7-15-24)20-23-12-4-1-5-13-23)21-34(25-16-8-9-17-25)22-27(29)31(37)33-18-10-3-11-19-33/h1-2,4-7,12-15,21-22,25,28H,3,8-11,16-20H2,(H,32,36)/t28-/m1/s1. The number of benzene rings is 2. The minimum Gasteiger partial charge on any atom is -0.349 e. The molecule has 2 aromatic carbocycles. The molecule has 6 heteroatoms. The van der Waals surface area contributed by atoms with Gasteiger partial charge >= 0.3 is 0 Å². The third-order valence-corrected chi connectivity index (χ3v) is 7.70. The van der Waals surface area contributed by atoms with Crippen molar-refractivity contribution in [1.29, 1.82) is 0 Å². The van der Waals surface area contributed by atoms with Crippen molar-refractivity contribution in [2.24, 2.45) is 0 Å². The fraction of sp³-hybridized carbons (Fsp3) is 0.387. The van der Waals surface area contributed by atoms with Crippen LogP contribution in [0.4, 0.5) is 0 Å². The van der Waals surface area contributed by atoms with Gasteiger partial charge < -0.3 is 14.8 Å². The highest BCUT2D eigenvalue weighted by atomic mass is 16.2. The molecule has 1 saturated carbocycles. The van der Waals surface area contributed by atoms with Gasteiger partial charge in [-0.3, -0.25) is 14.4 Å². The molecule has 37 heavy (non-hydrogen) atoms. The van der Waals surface area contributed by atoms with E-state index in [4.69, 9.17) is 0 Å². The highest BCUT2D eigenvalue weighted by Crippen LogP contribution is 2.30. The topological polar surface area (TPSA) is 71.4 Å². The zero-order chi connectivity index (χ0) is 25.6. The van der Waals surface area contributed by atoms with Gasteiger partial charge in [0, 0.05) is 31.5 Å². The van der Waals surface area contributed by atoms with Crippen LogP contribution in [-0.4, -0.2) is 34.4 Å². The van der Waals surface area contributed by atoms with E-state index in [0.29, 0.717) is 19.5 Å². The number of nitrogens with zero attached hydrogens (tertiary/aromatic N) is 2. The van der Waals surface area contributed by atoms with E-state index in [1.54, 1.807) is 17.3 Å². The Morgan fingerprint density at radius 1 is 0.811 bits per heavy atom. The van der Waals surface area contributed by atoms with E-state index in [1.807, 2.05) is 65.2 Å². The van der Waals surface area contributed by atoms with E-state index < -0.39 is 11.3 Å². The molecule has 0 unspecified atom stereocenters. The molecule has 2 aliphatic rings. The van der Waals surface area contributed by atoms with E-state index in [2.05, 4.69) is 5.32 Å². The van der Waals surface area contributed by atoms with Crippen LogP contribution in [0.1, 0.15) is 88.9 Å². The SMILES string of the molecule is O=C(N[C@H](Cc1ccccc1)c1ccccc1)c1cn(C2CCCC2)cc(C(=O)N2CCCCC2)c1=O. The Bertz CT molecular complexity index is 1270. The van der Waals surface area contributed by atoms with Gasteiger partial charge in [-0.15, -0.1) is 0 Å². The molecule has 1 aromatic heterocycles. The Balaban J connectivity index is 1.49. The van der Waals surface area contributed by atoms with Crippen LogP contribution < -0.4 is 10.7 Å². The van der Waals surface area contributed by atoms with Gasteiger partial charge in [-0.2, -0.15) is 0 Å². The first kappa shape index (κ1) is 25.0. The second-order valence-corrected chi connectivity index (χ2v) is 10.3. The number of hydrogen-bond acceptors (Lipinski definition) is 3. The molecule has 2 amide bonds. The number of carbonyl (C=O) groups is 2. The van der Waals surface area contributed by atoms with Gasteiger partial charge in [0.05, 0.1) is 6.04 Å². The fourth-order valence-corrected chi connectivity index (χ4v) is 5.62. The first-order valence-corrected chi connectivity index (χ1v) is 13.5. The summed E-state index contributed by atoms with van der Waals surface area (Å²) in [6, 6.07) is 19.7. The molecule has 5 rings (SSSR count). The van der Waals surface area contributed by atoms with Crippen molar-refractivity contribution >= 4 is 11.8 Å². The highest BCUT2D eigenvalue weighted by molar-refractivity contribution is 5.99. The van der Waals surface area contributed by atoms with Gasteiger partial charge in [-0.05, 0) is 49.7 Å². The maximum atomic E-state index is 13.7. The predicted octanol–water partition coefficient (Wildman–Crippen LogP) is 5.30. The first-order chi connectivity index (χ1) is 18.1. The molecule has 1 atom stereocenters. The number of carbonyl (C=O) groups excluding carboxylic acids is 2. The second-order valence-electron chi connectivity index (χ2n) is 10.3. The van der Waals surface area contributed by atoms with Crippen LogP contribution in [0.5, 0.6) is 0 Å². The molecule has 192 valence electrons. The van der Waals surface area contributed by atoms with Crippen molar-refractivity contribution in [2.45, 2.75) is 63.5 Å². The summed E-state index contributed by atoms with van der Waals surface area (Å²) in [5.74, 6) is -0.690. The Labute approximate surface area is 218 Å². The molecule has 0 radical (unpaired) electrons. The molecule has 0 spiro atoms. The number of aromatic nitrogens is 1. The molecule has 1 aliphatic carbocycles. The predicted molar refractivity (Wildman–Crippen MR) is 145 cm³/mol. The first-order valence-electron chi connectivity index (χ1n) is 13.5. The molecule has 1 saturated heterocycles. The van der Waals surface area contributed by atoms with Crippen molar-refractivity contribution in [2.75, 3.05) is 13.1 Å². The zero-order valence-corrected chi connectivity index (χ0v) is 21.3. The average molecular weight is 498 g/mol. The van der Waals surface area contributed by atoms with Crippen LogP contribution in [0, 0.1) is 0 Å². The maximum absolute atomic E-state index is 13.7. The summed E-state index contributed by atoms with van der Waals surface area (Å²) >= 11 is 0. The van der Waals surface area contributed by atoms with Gasteiger partial charge in [0.25, 0.3) is 11.8 Å². The van der Waals surface area contributed by atoms with Crippen LogP contribution in [0.15, 0.2) is 77.9 Å². The Kier molecular flexibility index (Phi) is 7.83. The van der Waals surface area contributed by atoms with Crippen molar-refractivity contribution in [3.8, 4) is 0 Å². The lowest BCUT2D eigenvalue weighted by Gasteiger charge is -2.27. The lowest BCUT2D eigenvalue weighted by molar-refractivity contribution is 0.0722. The average Bonchev–Trinajstić information content (AvgIpc) is 3.49. The van der Waals surface area contributed by atoms with E-state index in [9.17, 15) is 14.4 Å². The Hall–Kier alpha value is -3.67. The molecule has 1 N–H and O–H groups in total. The van der Waals surface area contributed by atoms with E-state index in [1.165, 1.54) is 0 Å². The summed E-state index contributed by atoms with van der Waals surface area (Å²) in [5, 5.41) is 3.13. The monoisotopic (exact) mass is 497 g/mol. The lowest BCUT2D eigenvalue weighted by Crippen LogP contribution is -2.41. The number of piperidine rings is 1. The highest BCUT2D eigenvalue weighted by Gasteiger charge is 2.27. The third kappa shape index (κ3) is 5.85. The normalized spacial score (nSPS) is 16.9. The number of nitrogens with one attached hydrogen (secondary N) is 1. The van der Waals surface area contributed by atoms with Crippen molar-refractivity contribution < 1.29 is 9.59 Å². The Morgan fingerprint density at radius 3 is 2.11 bits per heavy atom. The van der Waals surface area contributed by atoms with Gasteiger partial charge in [-0.25, -0.2) is 0 Å². The smallest absolute Gasteiger partial charge is 0.259 e. The fourth-order valence-electron chi connectivity index (χ4n) is 5.62. The summed E-state index contributed by atoms with van der Waals surface area (Å²) < 4.78 is 1.95. The molecule has 2 heterocycles. The number of rotatable bonds is 7. The Morgan fingerprint density at radius 2 is 1.43 bits per heavy atom. The van der Waals surface area contributed by atoms with Crippen LogP contribution in [0.25, 0.3) is 0 Å². The zero-order valence-electron chi connectivity index (χ0n) is 21.3. The second kappa shape index (κ2) is 11.6. The van der Waals surface area contributed by atoms with Crippen molar-refractivity contribution in [3.63, 3.8) is 0 Å². The number of likely N-dealkylation sites (tertiary alicyclic amines) is 1. The summed E-state index contributed by atoms with van der Waals surface area (Å²) in [7, 11) is 0. The van der Waals surface area contributed by atoms with Crippen LogP contribution in [-0.2, 0) is 6.42 Å². The molecule has 3 aromatic rings. The maximum Gasteiger partial charge on any atom is 0.259 e. The van der Waals surface area contributed by atoms with E-state index in [-0.39, 0.29) is 29.1 Å². The lowest BCUT2D eigenvalue weighted by atomic mass is 9.98. The minimum absolute atomic E-state index is 0.0451. The molecule has 6 nitrogen and oxygen atoms in total. The molecule has 0 bridgehead atoms. The van der Waals surface area contributed by atoms with Crippen molar-refractivity contribution in [3.05, 3.63) is 106 Å². The molecular weight excluding hydrogens is 462 g/mol. The molecular formula is C31H35N3O3. The number of amides is 2. The summed E-state index contributed by atoms with van der Waals surface area (Å²) in [5.41, 5.74) is 1.74. The van der Waals surface area contributed by atoms with E-state index in [0.717, 1.165) is 56.1 Å². The molecule has 1 aliphatic heterocycles. The van der Waals surface area contributed by atoms with Gasteiger partial charge in [0.15, 0.2) is 0 Å². The van der Waals surface area contributed by atoms with Gasteiger partial charge in [-0.1, -0.05) is 73.5 Å². The number of hydrogen-bond donors (Lipinski definition) is 1. The van der Waals surface area contributed by atoms with Crippen LogP contribution in [0.2, 0.25) is 0 Å². The largest absolute Gasteiger partial charge is 0.349 e. The van der Waals surface area contributed by atoms with Gasteiger partial charge in [0.1, 0.15) is 11.1 Å². The molecule has 2 fully saturated rings. The van der Waals surface area contributed by atoms with Crippen molar-refractivity contribution in [1.82, 2.24) is 14.8 Å². The summed E-state index contributed by atoms with van der Waals surface area (Å²) in [4.78, 5) is 42.5. The van der Waals surface area contributed by atoms with Crippen LogP contribution in [0.3, 0.4) is 0 Å². The van der Waals surface area contributed by atoms with E-state index >= 15 is 0 Å². The van der Waals surface area contributed by atoms with Gasteiger partial charge in [0.2, 0.25) is 5.43 Å². The quantitative estimate of drug-likeness (QED) is 0.481. The summed E-state index contributed by atoms with van der Waals surface area (Å²) in [6.07, 6.45) is 11.2. The summed E-state index contributed by atoms with van der Waals surface area (Å²) in [6.45, 7) is 1.32. The third-order valence-electron chi connectivity index (χ3n) is 7.70. The minimum atomic E-state index is -0.478. The van der Waals surface area contributed by atoms with Crippen LogP contribution >= 0.6 is 0 Å².